The average molecular weight is 499 g/mol. The van der Waals surface area contributed by atoms with E-state index in [0.29, 0.717) is 11.6 Å². The number of halogens is 3. The molecule has 0 radical (unpaired) electrons. The van der Waals surface area contributed by atoms with E-state index in [1.807, 2.05) is 31.3 Å². The normalized spacial score (nSPS) is 11.3. The van der Waals surface area contributed by atoms with E-state index in [-0.39, 0.29) is 22.7 Å². The molecule has 0 fully saturated rings. The van der Waals surface area contributed by atoms with Gasteiger partial charge in [-0.05, 0) is 48.2 Å². The largest absolute Gasteiger partial charge is 0.465 e. The van der Waals surface area contributed by atoms with Gasteiger partial charge in [0.05, 0.1) is 23.4 Å². The molecule has 2 aromatic carbocycles. The van der Waals surface area contributed by atoms with Crippen LogP contribution in [0.4, 0.5) is 29.3 Å². The minimum atomic E-state index is -4.72. The van der Waals surface area contributed by atoms with Crippen LogP contribution < -0.4 is 10.6 Å². The zero-order chi connectivity index (χ0) is 26.6. The summed E-state index contributed by atoms with van der Waals surface area (Å²) in [5.41, 5.74) is 0.736. The first-order valence-corrected chi connectivity index (χ1v) is 11.0. The monoisotopic (exact) mass is 499 g/mol. The number of hydrogen-bond donors (Lipinski definition) is 3. The first-order chi connectivity index (χ1) is 16.8. The van der Waals surface area contributed by atoms with Crippen molar-refractivity contribution in [2.24, 2.45) is 0 Å². The van der Waals surface area contributed by atoms with Gasteiger partial charge >= 0.3 is 12.3 Å². The van der Waals surface area contributed by atoms with E-state index in [1.54, 1.807) is 24.4 Å². The van der Waals surface area contributed by atoms with E-state index < -0.39 is 41.6 Å². The van der Waals surface area contributed by atoms with E-state index in [4.69, 9.17) is 5.11 Å². The van der Waals surface area contributed by atoms with E-state index in [1.165, 1.54) is 13.0 Å². The molecule has 10 heteroatoms. The summed E-state index contributed by atoms with van der Waals surface area (Å²) in [4.78, 5) is 40.8. The fourth-order valence-corrected chi connectivity index (χ4v) is 3.57. The highest BCUT2D eigenvalue weighted by atomic mass is 19.4. The van der Waals surface area contributed by atoms with Gasteiger partial charge in [0, 0.05) is 23.0 Å². The predicted molar refractivity (Wildman–Crippen MR) is 129 cm³/mol. The van der Waals surface area contributed by atoms with Crippen molar-refractivity contribution in [1.29, 1.82) is 0 Å². The molecule has 0 aliphatic rings. The zero-order valence-corrected chi connectivity index (χ0v) is 19.7. The first kappa shape index (κ1) is 26.4. The molecule has 36 heavy (non-hydrogen) atoms. The highest BCUT2D eigenvalue weighted by Gasteiger charge is 2.33. The lowest BCUT2D eigenvalue weighted by atomic mass is 10.00. The van der Waals surface area contributed by atoms with Gasteiger partial charge in [0.1, 0.15) is 0 Å². The average Bonchev–Trinajstić information content (AvgIpc) is 2.79. The van der Waals surface area contributed by atoms with E-state index >= 15 is 0 Å². The number of carbonyl (C=O) groups excluding carboxylic acids is 2. The Labute approximate surface area is 205 Å². The number of benzene rings is 2. The summed E-state index contributed by atoms with van der Waals surface area (Å²) < 4.78 is 40.0. The lowest BCUT2D eigenvalue weighted by Crippen LogP contribution is -2.20. The number of carboxylic acid groups (broad SMARTS) is 1. The molecule has 0 spiro atoms. The van der Waals surface area contributed by atoms with Crippen LogP contribution in [0.25, 0.3) is 11.1 Å². The first-order valence-electron chi connectivity index (χ1n) is 11.0. The van der Waals surface area contributed by atoms with Crippen molar-refractivity contribution < 1.29 is 32.7 Å². The highest BCUT2D eigenvalue weighted by Crippen LogP contribution is 2.37. The lowest BCUT2D eigenvalue weighted by molar-refractivity contribution is -0.138. The van der Waals surface area contributed by atoms with E-state index in [9.17, 15) is 27.6 Å². The maximum absolute atomic E-state index is 13.3. The van der Waals surface area contributed by atoms with Crippen molar-refractivity contribution in [2.75, 3.05) is 10.6 Å². The lowest BCUT2D eigenvalue weighted by Gasteiger charge is -2.17. The van der Waals surface area contributed by atoms with Crippen LogP contribution in [-0.4, -0.2) is 27.9 Å². The number of nitrogens with one attached hydrogen (secondary N) is 2. The van der Waals surface area contributed by atoms with Crippen molar-refractivity contribution in [3.8, 4) is 11.1 Å². The number of carbonyl (C=O) groups is 3. The Bertz CT molecular complexity index is 1300. The van der Waals surface area contributed by atoms with Gasteiger partial charge < -0.3 is 10.4 Å². The quantitative estimate of drug-likeness (QED) is 0.254. The van der Waals surface area contributed by atoms with Crippen LogP contribution in [0.2, 0.25) is 0 Å². The van der Waals surface area contributed by atoms with Crippen molar-refractivity contribution in [3.63, 3.8) is 0 Å². The molecule has 0 unspecified atom stereocenters. The number of nitrogens with zero attached hydrogens (tertiary/aromatic N) is 1. The van der Waals surface area contributed by atoms with Gasteiger partial charge in [0.25, 0.3) is 0 Å². The molecule has 7 nitrogen and oxygen atoms in total. The maximum atomic E-state index is 13.3. The number of aromatic nitrogens is 1. The molecule has 0 atom stereocenters. The minimum Gasteiger partial charge on any atom is -0.465 e. The minimum absolute atomic E-state index is 0.229. The molecule has 0 saturated heterocycles. The van der Waals surface area contributed by atoms with Crippen molar-refractivity contribution in [1.82, 2.24) is 4.98 Å². The maximum Gasteiger partial charge on any atom is 0.416 e. The van der Waals surface area contributed by atoms with Crippen LogP contribution in [0, 0.1) is 6.92 Å². The number of hydrogen-bond acceptors (Lipinski definition) is 4. The summed E-state index contributed by atoms with van der Waals surface area (Å²) in [5.74, 6) is -1.19. The standard InChI is InChI=1S/C26H24F3N3O4/c1-14(2)20-8-7-18(13-30-20)16-5-4-6-17(10-16)23(33)12-24(34)31-22-11-19(26(27,28)29)15(3)9-21(22)32-25(35)36/h4-11,13-14,32H,12H2,1-3H3,(H,31,34)(H,35,36). The van der Waals surface area contributed by atoms with Crippen LogP contribution in [0.5, 0.6) is 0 Å². The zero-order valence-electron chi connectivity index (χ0n) is 19.7. The van der Waals surface area contributed by atoms with Gasteiger partial charge in [-0.15, -0.1) is 0 Å². The van der Waals surface area contributed by atoms with Crippen molar-refractivity contribution in [2.45, 2.75) is 39.3 Å². The Kier molecular flexibility index (Phi) is 7.77. The summed E-state index contributed by atoms with van der Waals surface area (Å²) in [6.07, 6.45) is -5.20. The predicted octanol–water partition coefficient (Wildman–Crippen LogP) is 6.50. The summed E-state index contributed by atoms with van der Waals surface area (Å²) in [6.45, 7) is 5.21. The molecule has 2 amide bonds. The van der Waals surface area contributed by atoms with Crippen LogP contribution in [0.3, 0.4) is 0 Å². The van der Waals surface area contributed by atoms with Crippen molar-refractivity contribution in [3.05, 3.63) is 77.1 Å². The van der Waals surface area contributed by atoms with Crippen LogP contribution in [-0.2, 0) is 11.0 Å². The number of pyridine rings is 1. The second-order valence-corrected chi connectivity index (χ2v) is 8.50. The molecule has 188 valence electrons. The van der Waals surface area contributed by atoms with E-state index in [0.717, 1.165) is 17.3 Å². The van der Waals surface area contributed by atoms with Gasteiger partial charge in [-0.25, -0.2) is 4.79 Å². The Morgan fingerprint density at radius 1 is 0.972 bits per heavy atom. The van der Waals surface area contributed by atoms with Crippen LogP contribution in [0.15, 0.2) is 54.7 Å². The molecule has 0 saturated carbocycles. The van der Waals surface area contributed by atoms with Gasteiger partial charge in [0.2, 0.25) is 5.91 Å². The van der Waals surface area contributed by atoms with Gasteiger partial charge in [-0.2, -0.15) is 13.2 Å². The molecule has 1 heterocycles. The molecular weight excluding hydrogens is 475 g/mol. The smallest absolute Gasteiger partial charge is 0.416 e. The molecule has 3 rings (SSSR count). The Morgan fingerprint density at radius 3 is 2.25 bits per heavy atom. The second-order valence-electron chi connectivity index (χ2n) is 8.50. The van der Waals surface area contributed by atoms with Crippen LogP contribution >= 0.6 is 0 Å². The number of anilines is 2. The number of rotatable bonds is 7. The van der Waals surface area contributed by atoms with Gasteiger partial charge in [0.15, 0.2) is 5.78 Å². The number of aryl methyl sites for hydroxylation is 1. The number of Topliss-reactive ketones (excluding diaryl/α,β-unsaturated/α-hetero) is 1. The second kappa shape index (κ2) is 10.6. The third-order valence-corrected chi connectivity index (χ3v) is 5.40. The highest BCUT2D eigenvalue weighted by molar-refractivity contribution is 6.12. The van der Waals surface area contributed by atoms with E-state index in [2.05, 4.69) is 10.3 Å². The summed E-state index contributed by atoms with van der Waals surface area (Å²) >= 11 is 0. The van der Waals surface area contributed by atoms with Gasteiger partial charge in [-0.3, -0.25) is 19.9 Å². The molecular formula is C26H24F3N3O4. The summed E-state index contributed by atoms with van der Waals surface area (Å²) in [5, 5.41) is 13.2. The number of ketones is 1. The SMILES string of the molecule is Cc1cc(NC(=O)O)c(NC(=O)CC(=O)c2cccc(-c3ccc(C(C)C)nc3)c2)cc1C(F)(F)F. The van der Waals surface area contributed by atoms with Gasteiger partial charge in [-0.1, -0.05) is 38.1 Å². The summed E-state index contributed by atoms with van der Waals surface area (Å²) in [6, 6.07) is 12.0. The third-order valence-electron chi connectivity index (χ3n) is 5.40. The fraction of sp³-hybridized carbons (Fsp3) is 0.231. The Balaban J connectivity index is 1.80. The van der Waals surface area contributed by atoms with Crippen molar-refractivity contribution >= 4 is 29.2 Å². The molecule has 3 aromatic rings. The Hall–Kier alpha value is -4.21. The molecule has 1 aromatic heterocycles. The topological polar surface area (TPSA) is 108 Å². The molecule has 0 bridgehead atoms. The number of amides is 2. The Morgan fingerprint density at radius 2 is 1.67 bits per heavy atom. The third kappa shape index (κ3) is 6.47. The molecule has 3 N–H and O–H groups in total. The fourth-order valence-electron chi connectivity index (χ4n) is 3.57. The molecule has 0 aliphatic heterocycles. The number of alkyl halides is 3. The van der Waals surface area contributed by atoms with Crippen LogP contribution in [0.1, 0.15) is 53.4 Å². The summed E-state index contributed by atoms with van der Waals surface area (Å²) in [7, 11) is 0. The molecule has 0 aliphatic carbocycles.